The van der Waals surface area contributed by atoms with Gasteiger partial charge in [-0.15, -0.1) is 0 Å². The molecular weight excluding hydrogens is 556 g/mol. The maximum absolute atomic E-state index is 13.0. The predicted octanol–water partition coefficient (Wildman–Crippen LogP) is 6.79. The smallest absolute Gasteiger partial charge is 0.490 e. The average molecular weight is 589 g/mol. The zero-order chi connectivity index (χ0) is 28.8. The number of hydrogen-bond acceptors (Lipinski definition) is 4. The van der Waals surface area contributed by atoms with Gasteiger partial charge in [0, 0.05) is 31.7 Å². The lowest BCUT2D eigenvalue weighted by molar-refractivity contribution is -0.192. The maximum atomic E-state index is 13.0. The van der Waals surface area contributed by atoms with Crippen LogP contribution in [0.2, 0.25) is 10.0 Å². The zero-order valence-corrected chi connectivity index (χ0v) is 23.5. The van der Waals surface area contributed by atoms with Crippen LogP contribution in [0.5, 0.6) is 5.75 Å². The Bertz CT molecular complexity index is 1150. The summed E-state index contributed by atoms with van der Waals surface area (Å²) >= 11 is 12.4. The summed E-state index contributed by atoms with van der Waals surface area (Å²) in [5, 5.41) is 7.90. The van der Waals surface area contributed by atoms with Gasteiger partial charge in [-0.3, -0.25) is 9.69 Å². The fourth-order valence-electron chi connectivity index (χ4n) is 4.87. The van der Waals surface area contributed by atoms with Gasteiger partial charge < -0.3 is 14.7 Å². The third-order valence-corrected chi connectivity index (χ3v) is 7.81. The van der Waals surface area contributed by atoms with E-state index < -0.39 is 12.1 Å². The number of carboxylic acids is 1. The average Bonchev–Trinajstić information content (AvgIpc) is 3.26. The van der Waals surface area contributed by atoms with Gasteiger partial charge >= 0.3 is 12.1 Å². The van der Waals surface area contributed by atoms with Crippen LogP contribution in [0.25, 0.3) is 0 Å². The number of para-hydroxylation sites is 1. The van der Waals surface area contributed by atoms with Crippen LogP contribution in [0.15, 0.2) is 42.5 Å². The first-order valence-corrected chi connectivity index (χ1v) is 13.5. The van der Waals surface area contributed by atoms with E-state index in [4.69, 9.17) is 37.8 Å². The molecule has 1 amide bonds. The molecule has 0 aliphatic carbocycles. The molecule has 6 nitrogen and oxygen atoms in total. The number of piperidine rings is 1. The third kappa shape index (κ3) is 8.50. The van der Waals surface area contributed by atoms with Gasteiger partial charge in [-0.05, 0) is 55.3 Å². The first-order chi connectivity index (χ1) is 18.3. The lowest BCUT2D eigenvalue weighted by atomic mass is 9.77. The topological polar surface area (TPSA) is 70.1 Å². The van der Waals surface area contributed by atoms with Crippen molar-refractivity contribution >= 4 is 35.1 Å². The first-order valence-electron chi connectivity index (χ1n) is 12.8. The van der Waals surface area contributed by atoms with Crippen LogP contribution < -0.4 is 4.74 Å². The second-order valence-corrected chi connectivity index (χ2v) is 11.3. The summed E-state index contributed by atoms with van der Waals surface area (Å²) in [4.78, 5) is 26.4. The van der Waals surface area contributed by atoms with Gasteiger partial charge in [0.1, 0.15) is 5.75 Å². The molecule has 2 aliphatic heterocycles. The molecule has 0 aromatic heterocycles. The molecule has 2 fully saturated rings. The molecule has 2 aliphatic rings. The minimum absolute atomic E-state index is 0.0153. The number of carbonyl (C=O) groups excluding carboxylic acids is 1. The quantitative estimate of drug-likeness (QED) is 0.402. The lowest BCUT2D eigenvalue weighted by Crippen LogP contribution is -2.44. The van der Waals surface area contributed by atoms with Crippen LogP contribution in [0, 0.1) is 11.3 Å². The highest BCUT2D eigenvalue weighted by Gasteiger charge is 2.41. The van der Waals surface area contributed by atoms with Crippen molar-refractivity contribution in [3.8, 4) is 5.75 Å². The Labute approximate surface area is 236 Å². The number of nitrogens with zero attached hydrogens (tertiary/aromatic N) is 2. The Kier molecular flexibility index (Phi) is 10.5. The van der Waals surface area contributed by atoms with Crippen LogP contribution >= 0.6 is 23.2 Å². The summed E-state index contributed by atoms with van der Waals surface area (Å²) < 4.78 is 37.8. The number of carboxylic acid groups (broad SMARTS) is 1. The second-order valence-electron chi connectivity index (χ2n) is 10.5. The van der Waals surface area contributed by atoms with Crippen molar-refractivity contribution in [1.82, 2.24) is 9.80 Å². The van der Waals surface area contributed by atoms with Gasteiger partial charge in [-0.2, -0.15) is 13.2 Å². The number of hydrogen-bond donors (Lipinski definition) is 1. The Morgan fingerprint density at radius 2 is 1.64 bits per heavy atom. The minimum Gasteiger partial charge on any atom is -0.493 e. The summed E-state index contributed by atoms with van der Waals surface area (Å²) in [5.74, 6) is -1.26. The fraction of sp³-hybridized carbons (Fsp3) is 0.500. The number of aliphatic carboxylic acids is 1. The molecule has 2 aromatic rings. The van der Waals surface area contributed by atoms with Crippen molar-refractivity contribution in [3.05, 3.63) is 63.6 Å². The number of ether oxygens (including phenoxy) is 1. The third-order valence-electron chi connectivity index (χ3n) is 6.99. The summed E-state index contributed by atoms with van der Waals surface area (Å²) in [6.45, 7) is 9.69. The molecule has 11 heteroatoms. The lowest BCUT2D eigenvalue weighted by Gasteiger charge is -2.39. The van der Waals surface area contributed by atoms with E-state index in [9.17, 15) is 18.0 Å². The molecule has 1 N–H and O–H groups in total. The normalized spacial score (nSPS) is 17.2. The fourth-order valence-corrected chi connectivity index (χ4v) is 5.25. The van der Waals surface area contributed by atoms with Gasteiger partial charge in [-0.25, -0.2) is 4.79 Å². The molecule has 0 radical (unpaired) electrons. The second kappa shape index (κ2) is 13.2. The van der Waals surface area contributed by atoms with Crippen molar-refractivity contribution in [2.75, 3.05) is 32.8 Å². The molecule has 1 spiro atoms. The Balaban J connectivity index is 0.000000532. The highest BCUT2D eigenvalue weighted by molar-refractivity contribution is 6.43. The first kappa shape index (κ1) is 31.0. The van der Waals surface area contributed by atoms with Gasteiger partial charge in [0.05, 0.1) is 22.2 Å². The summed E-state index contributed by atoms with van der Waals surface area (Å²) in [6.07, 6.45) is -1.85. The predicted molar refractivity (Wildman–Crippen MR) is 144 cm³/mol. The standard InChI is InChI=1S/C26H32Cl2N2O2.C2HF3O2/c1-19(2)17-32-23-9-4-3-6-20(23)16-29-13-10-26(18-29)11-14-30(15-12-26)25(31)21-7-5-8-22(27)24(21)28;3-2(4,5)1(6)7/h3-9,19H,10-18H2,1-2H3;(H,6,7). The molecular formula is C28H33Cl2F3N2O4. The van der Waals surface area contributed by atoms with E-state index in [1.165, 1.54) is 12.0 Å². The van der Waals surface area contributed by atoms with Crippen molar-refractivity contribution in [1.29, 1.82) is 0 Å². The molecule has 2 saturated heterocycles. The number of rotatable bonds is 6. The minimum atomic E-state index is -5.08. The van der Waals surface area contributed by atoms with Crippen LogP contribution in [-0.4, -0.2) is 65.7 Å². The van der Waals surface area contributed by atoms with Crippen molar-refractivity contribution in [2.24, 2.45) is 11.3 Å². The molecule has 0 unspecified atom stereocenters. The van der Waals surface area contributed by atoms with Gasteiger partial charge in [0.15, 0.2) is 0 Å². The van der Waals surface area contributed by atoms with Crippen LogP contribution in [0.1, 0.15) is 49.0 Å². The monoisotopic (exact) mass is 588 g/mol. The van der Waals surface area contributed by atoms with E-state index in [0.717, 1.165) is 57.9 Å². The molecule has 0 saturated carbocycles. The van der Waals surface area contributed by atoms with E-state index >= 15 is 0 Å². The van der Waals surface area contributed by atoms with Crippen molar-refractivity contribution in [3.63, 3.8) is 0 Å². The number of carbonyl (C=O) groups is 2. The summed E-state index contributed by atoms with van der Waals surface area (Å²) in [5.41, 5.74) is 2.05. The SMILES string of the molecule is CC(C)COc1ccccc1CN1CCC2(CCN(C(=O)c3cccc(Cl)c3Cl)CC2)C1.O=C(O)C(F)(F)F. The Hall–Kier alpha value is -2.49. The molecule has 39 heavy (non-hydrogen) atoms. The number of halogens is 5. The number of benzene rings is 2. The Morgan fingerprint density at radius 3 is 2.26 bits per heavy atom. The highest BCUT2D eigenvalue weighted by atomic mass is 35.5. The molecule has 0 atom stereocenters. The molecule has 214 valence electrons. The zero-order valence-electron chi connectivity index (χ0n) is 21.9. The highest BCUT2D eigenvalue weighted by Crippen LogP contribution is 2.41. The number of likely N-dealkylation sites (tertiary alicyclic amines) is 2. The van der Waals surface area contributed by atoms with Gasteiger partial charge in [-0.1, -0.05) is 61.3 Å². The van der Waals surface area contributed by atoms with E-state index in [0.29, 0.717) is 26.9 Å². The van der Waals surface area contributed by atoms with E-state index in [1.54, 1.807) is 18.2 Å². The van der Waals surface area contributed by atoms with Gasteiger partial charge in [0.2, 0.25) is 0 Å². The van der Waals surface area contributed by atoms with Crippen molar-refractivity contribution < 1.29 is 32.6 Å². The van der Waals surface area contributed by atoms with E-state index in [2.05, 4.69) is 36.9 Å². The van der Waals surface area contributed by atoms with Gasteiger partial charge in [0.25, 0.3) is 5.91 Å². The Morgan fingerprint density at radius 1 is 1.03 bits per heavy atom. The molecule has 0 bridgehead atoms. The van der Waals surface area contributed by atoms with Crippen LogP contribution in [-0.2, 0) is 11.3 Å². The summed E-state index contributed by atoms with van der Waals surface area (Å²) in [6, 6.07) is 13.6. The van der Waals surface area contributed by atoms with Crippen LogP contribution in [0.3, 0.4) is 0 Å². The largest absolute Gasteiger partial charge is 0.493 e. The molecule has 2 heterocycles. The van der Waals surface area contributed by atoms with Crippen molar-refractivity contribution in [2.45, 2.75) is 45.8 Å². The maximum Gasteiger partial charge on any atom is 0.490 e. The van der Waals surface area contributed by atoms with E-state index in [-0.39, 0.29) is 5.91 Å². The molecule has 2 aromatic carbocycles. The summed E-state index contributed by atoms with van der Waals surface area (Å²) in [7, 11) is 0. The number of amides is 1. The molecule has 4 rings (SSSR count). The number of alkyl halides is 3. The van der Waals surface area contributed by atoms with Crippen LogP contribution in [0.4, 0.5) is 13.2 Å². The van der Waals surface area contributed by atoms with E-state index in [1.807, 2.05) is 11.0 Å².